The van der Waals surface area contributed by atoms with Crippen molar-refractivity contribution < 1.29 is 19.4 Å². The highest BCUT2D eigenvalue weighted by Gasteiger charge is 2.33. The Morgan fingerprint density at radius 3 is 2.71 bits per heavy atom. The number of rotatable bonds is 7. The Morgan fingerprint density at radius 1 is 1.41 bits per heavy atom. The zero-order valence-electron chi connectivity index (χ0n) is 9.85. The van der Waals surface area contributed by atoms with E-state index in [-0.39, 0.29) is 17.7 Å². The quantitative estimate of drug-likeness (QED) is 0.518. The van der Waals surface area contributed by atoms with E-state index in [0.29, 0.717) is 32.4 Å². The van der Waals surface area contributed by atoms with Crippen molar-refractivity contribution in [1.82, 2.24) is 5.32 Å². The molecule has 0 heterocycles. The summed E-state index contributed by atoms with van der Waals surface area (Å²) in [4.78, 5) is 22.4. The van der Waals surface area contributed by atoms with Gasteiger partial charge in [-0.2, -0.15) is 0 Å². The standard InChI is InChI=1S/C12H19NO4/c1-2-17-7-3-6-13-11(14)9-4-5-10(8-9)12(15)16/h2,9-10H,1,3-8H2,(H,13,14)(H,15,16)/t9-,10+/m1/s1. The predicted molar refractivity (Wildman–Crippen MR) is 62.2 cm³/mol. The molecule has 0 aromatic heterocycles. The summed E-state index contributed by atoms with van der Waals surface area (Å²) in [6.45, 7) is 4.51. The molecule has 1 aliphatic rings. The molecule has 0 bridgehead atoms. The van der Waals surface area contributed by atoms with E-state index in [1.54, 1.807) is 0 Å². The van der Waals surface area contributed by atoms with Crippen LogP contribution in [0.25, 0.3) is 0 Å². The van der Waals surface area contributed by atoms with E-state index in [9.17, 15) is 9.59 Å². The summed E-state index contributed by atoms with van der Waals surface area (Å²) in [6, 6.07) is 0. The van der Waals surface area contributed by atoms with Crippen LogP contribution < -0.4 is 5.32 Å². The van der Waals surface area contributed by atoms with Gasteiger partial charge in [0.15, 0.2) is 0 Å². The van der Waals surface area contributed by atoms with E-state index in [0.717, 1.165) is 6.42 Å². The fourth-order valence-electron chi connectivity index (χ4n) is 2.04. The fourth-order valence-corrected chi connectivity index (χ4v) is 2.04. The third kappa shape index (κ3) is 4.46. The minimum Gasteiger partial charge on any atom is -0.502 e. The molecule has 1 rings (SSSR count). The second-order valence-electron chi connectivity index (χ2n) is 4.23. The highest BCUT2D eigenvalue weighted by molar-refractivity contribution is 5.80. The first-order valence-electron chi connectivity index (χ1n) is 5.88. The lowest BCUT2D eigenvalue weighted by molar-refractivity contribution is -0.141. The molecule has 0 saturated heterocycles. The molecule has 5 heteroatoms. The van der Waals surface area contributed by atoms with Crippen LogP contribution in [-0.4, -0.2) is 30.1 Å². The summed E-state index contributed by atoms with van der Waals surface area (Å²) >= 11 is 0. The van der Waals surface area contributed by atoms with Crippen LogP contribution in [0, 0.1) is 11.8 Å². The zero-order chi connectivity index (χ0) is 12.7. The molecule has 17 heavy (non-hydrogen) atoms. The van der Waals surface area contributed by atoms with Crippen molar-refractivity contribution >= 4 is 11.9 Å². The maximum Gasteiger partial charge on any atom is 0.306 e. The number of hydrogen-bond acceptors (Lipinski definition) is 3. The number of nitrogens with one attached hydrogen (secondary N) is 1. The van der Waals surface area contributed by atoms with Gasteiger partial charge in [-0.1, -0.05) is 6.58 Å². The SMILES string of the molecule is C=COCCCNC(=O)[C@@H]1CC[C@H](C(=O)O)C1. The maximum absolute atomic E-state index is 11.7. The molecule has 2 N–H and O–H groups in total. The number of carbonyl (C=O) groups excluding carboxylic acids is 1. The van der Waals surface area contributed by atoms with Gasteiger partial charge < -0.3 is 15.2 Å². The third-order valence-corrected chi connectivity index (χ3v) is 3.01. The number of carbonyl (C=O) groups is 2. The van der Waals surface area contributed by atoms with E-state index in [4.69, 9.17) is 9.84 Å². The van der Waals surface area contributed by atoms with Gasteiger partial charge in [0.2, 0.25) is 5.91 Å². The summed E-state index contributed by atoms with van der Waals surface area (Å²) in [6.07, 6.45) is 3.84. The Kier molecular flexibility index (Phi) is 5.52. The highest BCUT2D eigenvalue weighted by Crippen LogP contribution is 2.30. The van der Waals surface area contributed by atoms with Crippen LogP contribution >= 0.6 is 0 Å². The number of ether oxygens (including phenoxy) is 1. The fraction of sp³-hybridized carbons (Fsp3) is 0.667. The Bertz CT molecular complexity index is 290. The van der Waals surface area contributed by atoms with Gasteiger partial charge in [0.1, 0.15) is 0 Å². The van der Waals surface area contributed by atoms with Crippen molar-refractivity contribution in [2.24, 2.45) is 11.8 Å². The lowest BCUT2D eigenvalue weighted by Gasteiger charge is -2.10. The topological polar surface area (TPSA) is 75.6 Å². The van der Waals surface area contributed by atoms with Crippen molar-refractivity contribution in [3.8, 4) is 0 Å². The van der Waals surface area contributed by atoms with Gasteiger partial charge in [-0.25, -0.2) is 0 Å². The summed E-state index contributed by atoms with van der Waals surface area (Å²) in [5, 5.41) is 11.6. The van der Waals surface area contributed by atoms with Crippen molar-refractivity contribution in [2.75, 3.05) is 13.2 Å². The smallest absolute Gasteiger partial charge is 0.306 e. The molecular formula is C12H19NO4. The summed E-state index contributed by atoms with van der Waals surface area (Å²) in [5.41, 5.74) is 0. The van der Waals surface area contributed by atoms with Gasteiger partial charge in [-0.05, 0) is 25.7 Å². The van der Waals surface area contributed by atoms with Gasteiger partial charge in [0.25, 0.3) is 0 Å². The van der Waals surface area contributed by atoms with Crippen molar-refractivity contribution in [3.05, 3.63) is 12.8 Å². The van der Waals surface area contributed by atoms with E-state index in [2.05, 4.69) is 11.9 Å². The van der Waals surface area contributed by atoms with Crippen LogP contribution in [0.3, 0.4) is 0 Å². The van der Waals surface area contributed by atoms with Crippen LogP contribution in [0.4, 0.5) is 0 Å². The second-order valence-corrected chi connectivity index (χ2v) is 4.23. The molecule has 0 aromatic carbocycles. The van der Waals surface area contributed by atoms with Crippen molar-refractivity contribution in [1.29, 1.82) is 0 Å². The normalized spacial score (nSPS) is 23.1. The van der Waals surface area contributed by atoms with E-state index >= 15 is 0 Å². The number of amides is 1. The molecular weight excluding hydrogens is 222 g/mol. The summed E-state index contributed by atoms with van der Waals surface area (Å²) in [5.74, 6) is -1.32. The first-order valence-corrected chi connectivity index (χ1v) is 5.88. The lowest BCUT2D eigenvalue weighted by Crippen LogP contribution is -2.31. The van der Waals surface area contributed by atoms with E-state index in [1.165, 1.54) is 6.26 Å². The van der Waals surface area contributed by atoms with E-state index < -0.39 is 5.97 Å². The Morgan fingerprint density at radius 2 is 2.12 bits per heavy atom. The monoisotopic (exact) mass is 241 g/mol. The largest absolute Gasteiger partial charge is 0.502 e. The second kappa shape index (κ2) is 6.93. The third-order valence-electron chi connectivity index (χ3n) is 3.01. The van der Waals surface area contributed by atoms with Gasteiger partial charge in [0, 0.05) is 12.5 Å². The molecule has 5 nitrogen and oxygen atoms in total. The van der Waals surface area contributed by atoms with Crippen LogP contribution in [0.15, 0.2) is 12.8 Å². The molecule has 2 atom stereocenters. The number of carboxylic acid groups (broad SMARTS) is 1. The molecule has 0 unspecified atom stereocenters. The Labute approximate surface area is 101 Å². The minimum atomic E-state index is -0.792. The van der Waals surface area contributed by atoms with Gasteiger partial charge in [-0.3, -0.25) is 9.59 Å². The van der Waals surface area contributed by atoms with Crippen LogP contribution in [0.1, 0.15) is 25.7 Å². The molecule has 1 fully saturated rings. The van der Waals surface area contributed by atoms with Crippen LogP contribution in [0.2, 0.25) is 0 Å². The molecule has 1 amide bonds. The lowest BCUT2D eigenvalue weighted by atomic mass is 10.0. The molecule has 0 spiro atoms. The van der Waals surface area contributed by atoms with Gasteiger partial charge in [-0.15, -0.1) is 0 Å². The van der Waals surface area contributed by atoms with Crippen LogP contribution in [-0.2, 0) is 14.3 Å². The molecule has 0 radical (unpaired) electrons. The molecule has 1 saturated carbocycles. The average Bonchev–Trinajstić information content (AvgIpc) is 2.78. The van der Waals surface area contributed by atoms with Crippen LogP contribution in [0.5, 0.6) is 0 Å². The summed E-state index contributed by atoms with van der Waals surface area (Å²) in [7, 11) is 0. The maximum atomic E-state index is 11.7. The number of carboxylic acids is 1. The predicted octanol–water partition coefficient (Wildman–Crippen LogP) is 1.15. The molecule has 0 aromatic rings. The van der Waals surface area contributed by atoms with Gasteiger partial charge >= 0.3 is 5.97 Å². The Balaban J connectivity index is 2.16. The van der Waals surface area contributed by atoms with Crippen molar-refractivity contribution in [3.63, 3.8) is 0 Å². The number of hydrogen-bond donors (Lipinski definition) is 2. The first kappa shape index (κ1) is 13.5. The molecule has 96 valence electrons. The molecule has 0 aliphatic heterocycles. The first-order chi connectivity index (χ1) is 8.15. The Hall–Kier alpha value is -1.52. The summed E-state index contributed by atoms with van der Waals surface area (Å²) < 4.78 is 4.92. The number of aliphatic carboxylic acids is 1. The van der Waals surface area contributed by atoms with Gasteiger partial charge in [0.05, 0.1) is 18.8 Å². The molecule has 1 aliphatic carbocycles. The highest BCUT2D eigenvalue weighted by atomic mass is 16.5. The zero-order valence-corrected chi connectivity index (χ0v) is 9.85. The van der Waals surface area contributed by atoms with E-state index in [1.807, 2.05) is 0 Å². The van der Waals surface area contributed by atoms with Crippen molar-refractivity contribution in [2.45, 2.75) is 25.7 Å². The average molecular weight is 241 g/mol. The minimum absolute atomic E-state index is 0.0349.